The summed E-state index contributed by atoms with van der Waals surface area (Å²) in [5.74, 6) is -2.26. The molecule has 0 saturated carbocycles. The van der Waals surface area contributed by atoms with E-state index in [1.807, 2.05) is 12.1 Å². The molecule has 0 radical (unpaired) electrons. The van der Waals surface area contributed by atoms with Gasteiger partial charge in [0.2, 0.25) is 5.91 Å². The molecule has 0 heterocycles. The summed E-state index contributed by atoms with van der Waals surface area (Å²) in [7, 11) is 2.61. The number of hydrogen-bond acceptors (Lipinski definition) is 11. The van der Waals surface area contributed by atoms with Gasteiger partial charge in [-0.15, -0.1) is 0 Å². The SMILES string of the molecule is CCC(=O)O.COC(=O)CCNC(=O)c1ccc(CCN)cc1.COC(=O)CCNC(=O)c1ccc(CCNC(=O)CNC(=O)OC(C)(C)C)cc1. The molecular formula is C36H53N5O11. The number of amides is 4. The van der Waals surface area contributed by atoms with E-state index < -0.39 is 17.7 Å². The number of esters is 2. The maximum atomic E-state index is 12.0. The fraction of sp³-hybridized carbons (Fsp3) is 0.472. The van der Waals surface area contributed by atoms with Crippen molar-refractivity contribution in [2.75, 3.05) is 46.9 Å². The number of carboxylic acid groups (broad SMARTS) is 1. The summed E-state index contributed by atoms with van der Waals surface area (Å²) in [4.78, 5) is 78.2. The van der Waals surface area contributed by atoms with E-state index in [0.29, 0.717) is 30.6 Å². The highest BCUT2D eigenvalue weighted by atomic mass is 16.6. The molecule has 2 rings (SSSR count). The van der Waals surface area contributed by atoms with Crippen LogP contribution in [-0.4, -0.2) is 99.4 Å². The summed E-state index contributed by atoms with van der Waals surface area (Å²) < 4.78 is 14.0. The Morgan fingerprint density at radius 1 is 0.673 bits per heavy atom. The third-order valence-electron chi connectivity index (χ3n) is 6.38. The largest absolute Gasteiger partial charge is 0.481 e. The zero-order valence-electron chi connectivity index (χ0n) is 30.8. The summed E-state index contributed by atoms with van der Waals surface area (Å²) in [6.07, 6.45) is 1.23. The van der Waals surface area contributed by atoms with Crippen molar-refractivity contribution in [2.24, 2.45) is 5.73 Å². The Balaban J connectivity index is 0.000000956. The van der Waals surface area contributed by atoms with Gasteiger partial charge < -0.3 is 46.3 Å². The Labute approximate surface area is 304 Å². The van der Waals surface area contributed by atoms with E-state index >= 15 is 0 Å². The summed E-state index contributed by atoms with van der Waals surface area (Å²) in [6, 6.07) is 14.2. The topological polar surface area (TPSA) is 242 Å². The molecule has 288 valence electrons. The lowest BCUT2D eigenvalue weighted by molar-refractivity contribution is -0.141. The molecule has 2 aromatic carbocycles. The summed E-state index contributed by atoms with van der Waals surface area (Å²) in [5, 5.41) is 18.1. The number of carbonyl (C=O) groups is 7. The van der Waals surface area contributed by atoms with Gasteiger partial charge in [-0.05, 0) is 75.5 Å². The number of methoxy groups -OCH3 is 2. The molecule has 7 N–H and O–H groups in total. The minimum atomic E-state index is -0.745. The minimum absolute atomic E-state index is 0.114. The first-order valence-corrected chi connectivity index (χ1v) is 16.6. The first kappa shape index (κ1) is 46.5. The van der Waals surface area contributed by atoms with Gasteiger partial charge in [0.15, 0.2) is 0 Å². The predicted octanol–water partition coefficient (Wildman–Crippen LogP) is 2.12. The normalized spacial score (nSPS) is 10.1. The molecule has 0 bridgehead atoms. The number of ether oxygens (including phenoxy) is 3. The Morgan fingerprint density at radius 3 is 1.46 bits per heavy atom. The van der Waals surface area contributed by atoms with Crippen LogP contribution in [0.4, 0.5) is 4.79 Å². The fourth-order valence-electron chi connectivity index (χ4n) is 3.65. The van der Waals surface area contributed by atoms with Gasteiger partial charge in [-0.1, -0.05) is 31.2 Å². The van der Waals surface area contributed by atoms with Crippen molar-refractivity contribution in [3.8, 4) is 0 Å². The van der Waals surface area contributed by atoms with Crippen LogP contribution in [0, 0.1) is 0 Å². The van der Waals surface area contributed by atoms with E-state index in [2.05, 4.69) is 30.7 Å². The van der Waals surface area contributed by atoms with Gasteiger partial charge in [0.05, 0.1) is 33.6 Å². The van der Waals surface area contributed by atoms with Crippen LogP contribution in [0.3, 0.4) is 0 Å². The van der Waals surface area contributed by atoms with E-state index in [-0.39, 0.29) is 68.6 Å². The average molecular weight is 732 g/mol. The van der Waals surface area contributed by atoms with Crippen molar-refractivity contribution in [1.29, 1.82) is 0 Å². The summed E-state index contributed by atoms with van der Waals surface area (Å²) in [5.41, 5.74) is 7.91. The van der Waals surface area contributed by atoms with Crippen LogP contribution in [0.15, 0.2) is 48.5 Å². The molecule has 0 unspecified atom stereocenters. The molecule has 2 aromatic rings. The molecule has 0 aliphatic heterocycles. The smallest absolute Gasteiger partial charge is 0.408 e. The zero-order valence-corrected chi connectivity index (χ0v) is 30.8. The van der Waals surface area contributed by atoms with E-state index in [4.69, 9.17) is 15.6 Å². The monoisotopic (exact) mass is 731 g/mol. The van der Waals surface area contributed by atoms with Crippen molar-refractivity contribution < 1.29 is 52.9 Å². The van der Waals surface area contributed by atoms with Crippen LogP contribution in [0.2, 0.25) is 0 Å². The molecule has 0 fully saturated rings. The number of nitrogens with two attached hydrogens (primary N) is 1. The predicted molar refractivity (Wildman–Crippen MR) is 192 cm³/mol. The van der Waals surface area contributed by atoms with Crippen LogP contribution in [0.5, 0.6) is 0 Å². The maximum Gasteiger partial charge on any atom is 0.408 e. The second kappa shape index (κ2) is 26.3. The van der Waals surface area contributed by atoms with E-state index in [1.54, 1.807) is 64.1 Å². The number of hydrogen-bond donors (Lipinski definition) is 6. The number of benzene rings is 2. The van der Waals surface area contributed by atoms with Crippen molar-refractivity contribution >= 4 is 41.7 Å². The Kier molecular flexibility index (Phi) is 23.5. The number of nitrogens with one attached hydrogen (secondary N) is 4. The molecule has 0 aliphatic carbocycles. The third kappa shape index (κ3) is 23.8. The lowest BCUT2D eigenvalue weighted by Crippen LogP contribution is -2.40. The highest BCUT2D eigenvalue weighted by molar-refractivity contribution is 5.95. The molecule has 0 saturated heterocycles. The minimum Gasteiger partial charge on any atom is -0.481 e. The van der Waals surface area contributed by atoms with Gasteiger partial charge in [-0.25, -0.2) is 4.79 Å². The highest BCUT2D eigenvalue weighted by Gasteiger charge is 2.16. The molecule has 0 aliphatic rings. The van der Waals surface area contributed by atoms with Crippen LogP contribution < -0.4 is 27.0 Å². The van der Waals surface area contributed by atoms with Gasteiger partial charge in [0.25, 0.3) is 11.8 Å². The lowest BCUT2D eigenvalue weighted by Gasteiger charge is -2.19. The van der Waals surface area contributed by atoms with E-state index in [0.717, 1.165) is 17.5 Å². The van der Waals surface area contributed by atoms with Crippen LogP contribution in [0.25, 0.3) is 0 Å². The number of rotatable bonds is 16. The van der Waals surface area contributed by atoms with E-state index in [9.17, 15) is 33.6 Å². The first-order valence-electron chi connectivity index (χ1n) is 16.6. The van der Waals surface area contributed by atoms with Crippen molar-refractivity contribution in [3.05, 3.63) is 70.8 Å². The Morgan fingerprint density at radius 2 is 1.10 bits per heavy atom. The van der Waals surface area contributed by atoms with Gasteiger partial charge >= 0.3 is 24.0 Å². The fourth-order valence-corrected chi connectivity index (χ4v) is 3.65. The van der Waals surface area contributed by atoms with Gasteiger partial charge in [0.1, 0.15) is 5.60 Å². The van der Waals surface area contributed by atoms with Gasteiger partial charge in [-0.2, -0.15) is 0 Å². The maximum absolute atomic E-state index is 12.0. The number of alkyl carbamates (subject to hydrolysis) is 1. The Hall–Kier alpha value is -5.51. The molecular weight excluding hydrogens is 678 g/mol. The Bertz CT molecular complexity index is 1420. The average Bonchev–Trinajstić information content (AvgIpc) is 3.11. The molecule has 0 aromatic heterocycles. The standard InChI is InChI=1S/C20H29N3O6.C13H18N2O3.C3H6O2/c1-20(2,3)29-19(27)23-13-16(24)21-11-9-14-5-7-15(8-6-14)18(26)22-12-10-17(25)28-4;1-18-12(16)7-9-15-13(17)11-4-2-10(3-5-11)6-8-14;1-2-3(4)5/h5-8H,9-13H2,1-4H3,(H,21,24)(H,22,26)(H,23,27);2-5H,6-9,14H2,1H3,(H,15,17);2H2,1H3,(H,4,5). The molecule has 0 spiro atoms. The molecule has 16 nitrogen and oxygen atoms in total. The van der Waals surface area contributed by atoms with Crippen molar-refractivity contribution in [3.63, 3.8) is 0 Å². The number of carboxylic acids is 1. The molecule has 16 heteroatoms. The van der Waals surface area contributed by atoms with Crippen LogP contribution in [0.1, 0.15) is 78.8 Å². The second-order valence-electron chi connectivity index (χ2n) is 11.8. The zero-order chi connectivity index (χ0) is 39.5. The van der Waals surface area contributed by atoms with Crippen molar-refractivity contribution in [1.82, 2.24) is 21.3 Å². The number of aliphatic carboxylic acids is 1. The molecule has 52 heavy (non-hydrogen) atoms. The van der Waals surface area contributed by atoms with Gasteiger partial charge in [-0.3, -0.25) is 28.8 Å². The first-order chi connectivity index (χ1) is 24.5. The molecule has 4 amide bonds. The lowest BCUT2D eigenvalue weighted by atomic mass is 10.1. The summed E-state index contributed by atoms with van der Waals surface area (Å²) in [6.45, 7) is 8.11. The second-order valence-corrected chi connectivity index (χ2v) is 11.8. The van der Waals surface area contributed by atoms with Gasteiger partial charge in [0, 0.05) is 37.2 Å². The summed E-state index contributed by atoms with van der Waals surface area (Å²) >= 11 is 0. The highest BCUT2D eigenvalue weighted by Crippen LogP contribution is 2.07. The van der Waals surface area contributed by atoms with E-state index in [1.165, 1.54) is 14.2 Å². The third-order valence-corrected chi connectivity index (χ3v) is 6.38. The molecule has 0 atom stereocenters. The van der Waals surface area contributed by atoms with Crippen molar-refractivity contribution in [2.45, 2.75) is 65.4 Å². The number of carbonyl (C=O) groups excluding carboxylic acids is 6. The van der Waals surface area contributed by atoms with Crippen LogP contribution in [-0.2, 0) is 46.2 Å². The van der Waals surface area contributed by atoms with Crippen LogP contribution >= 0.6 is 0 Å². The quantitative estimate of drug-likeness (QED) is 0.108.